The molecule has 0 saturated heterocycles. The maximum atomic E-state index is 13.8. The number of carbonyl (C=O) groups is 3. The molecule has 0 bridgehead atoms. The van der Waals surface area contributed by atoms with Crippen LogP contribution in [0, 0.1) is 6.92 Å². The number of aromatic hydroxyl groups is 1. The lowest BCUT2D eigenvalue weighted by Crippen LogP contribution is -2.47. The number of nitrogens with zero attached hydrogens (tertiary/aromatic N) is 3. The van der Waals surface area contributed by atoms with Crippen molar-refractivity contribution in [2.75, 3.05) is 18.5 Å². The van der Waals surface area contributed by atoms with Crippen molar-refractivity contribution < 1.29 is 29.3 Å². The molecule has 11 heteroatoms. The summed E-state index contributed by atoms with van der Waals surface area (Å²) in [4.78, 5) is 45.9. The van der Waals surface area contributed by atoms with Crippen molar-refractivity contribution in [3.05, 3.63) is 87.0 Å². The van der Waals surface area contributed by atoms with Crippen LogP contribution in [0.25, 0.3) is 0 Å². The molecule has 1 aromatic heterocycles. The van der Waals surface area contributed by atoms with Gasteiger partial charge < -0.3 is 19.8 Å². The van der Waals surface area contributed by atoms with E-state index in [9.17, 15) is 24.6 Å². The fourth-order valence-corrected chi connectivity index (χ4v) is 4.65. The number of rotatable bonds is 9. The largest absolute Gasteiger partial charge is 0.508 e. The Morgan fingerprint density at radius 3 is 2.24 bits per heavy atom. The number of carbonyl (C=O) groups excluding carboxylic acids is 2. The van der Waals surface area contributed by atoms with Gasteiger partial charge in [-0.3, -0.25) is 9.69 Å². The molecule has 1 heterocycles. The fourth-order valence-electron chi connectivity index (χ4n) is 4.10. The quantitative estimate of drug-likeness (QED) is 0.301. The number of pyridine rings is 1. The van der Waals surface area contributed by atoms with E-state index < -0.39 is 29.6 Å². The van der Waals surface area contributed by atoms with Gasteiger partial charge in [-0.1, -0.05) is 47.5 Å². The van der Waals surface area contributed by atoms with Gasteiger partial charge in [0.15, 0.2) is 0 Å². The number of aromatic nitrogens is 1. The van der Waals surface area contributed by atoms with Gasteiger partial charge in [0.2, 0.25) is 0 Å². The number of carboxylic acids is 1. The van der Waals surface area contributed by atoms with E-state index in [2.05, 4.69) is 4.98 Å². The minimum absolute atomic E-state index is 0.00432. The average molecular weight is 603 g/mol. The van der Waals surface area contributed by atoms with Crippen LogP contribution in [0.2, 0.25) is 10.0 Å². The van der Waals surface area contributed by atoms with Gasteiger partial charge in [0.25, 0.3) is 5.91 Å². The third-order valence-electron chi connectivity index (χ3n) is 6.20. The average Bonchev–Trinajstić information content (AvgIpc) is 2.88. The molecule has 2 aromatic carbocycles. The van der Waals surface area contributed by atoms with E-state index in [1.807, 2.05) is 0 Å². The summed E-state index contributed by atoms with van der Waals surface area (Å²) < 4.78 is 5.41. The minimum Gasteiger partial charge on any atom is -0.508 e. The molecular weight excluding hydrogens is 569 g/mol. The fraction of sp³-hybridized carbons (Fsp3) is 0.333. The Hall–Kier alpha value is -3.82. The van der Waals surface area contributed by atoms with E-state index in [-0.39, 0.29) is 40.7 Å². The summed E-state index contributed by atoms with van der Waals surface area (Å²) in [6.07, 6.45) is -0.441. The first-order valence-corrected chi connectivity index (χ1v) is 13.6. The van der Waals surface area contributed by atoms with Gasteiger partial charge in [0.1, 0.15) is 23.2 Å². The van der Waals surface area contributed by atoms with Crippen LogP contribution >= 0.6 is 23.2 Å². The van der Waals surface area contributed by atoms with Gasteiger partial charge in [-0.15, -0.1) is 0 Å². The van der Waals surface area contributed by atoms with Crippen molar-refractivity contribution in [3.8, 4) is 5.75 Å². The van der Waals surface area contributed by atoms with Crippen LogP contribution in [0.15, 0.2) is 54.6 Å². The number of aryl methyl sites for hydroxylation is 1. The van der Waals surface area contributed by atoms with E-state index in [0.29, 0.717) is 22.6 Å². The van der Waals surface area contributed by atoms with Crippen LogP contribution in [0.1, 0.15) is 48.0 Å². The van der Waals surface area contributed by atoms with E-state index in [1.165, 1.54) is 35.0 Å². The molecule has 218 valence electrons. The number of hydrogen-bond acceptors (Lipinski definition) is 6. The Bertz CT molecular complexity index is 1420. The predicted octanol–water partition coefficient (Wildman–Crippen LogP) is 6.15. The molecule has 41 heavy (non-hydrogen) atoms. The van der Waals surface area contributed by atoms with Crippen LogP contribution in [0.3, 0.4) is 0 Å². The molecule has 0 aliphatic carbocycles. The van der Waals surface area contributed by atoms with Crippen LogP contribution in [-0.2, 0) is 22.4 Å². The zero-order valence-electron chi connectivity index (χ0n) is 23.5. The summed E-state index contributed by atoms with van der Waals surface area (Å²) >= 11 is 12.7. The number of hydrogen-bond donors (Lipinski definition) is 2. The van der Waals surface area contributed by atoms with Crippen LogP contribution in [-0.4, -0.2) is 63.3 Å². The van der Waals surface area contributed by atoms with Gasteiger partial charge in [0.05, 0.1) is 15.6 Å². The van der Waals surface area contributed by atoms with Crippen LogP contribution < -0.4 is 4.90 Å². The van der Waals surface area contributed by atoms with Crippen molar-refractivity contribution in [2.24, 2.45) is 0 Å². The van der Waals surface area contributed by atoms with E-state index >= 15 is 0 Å². The second-order valence-electron chi connectivity index (χ2n) is 10.6. The highest BCUT2D eigenvalue weighted by atomic mass is 35.5. The number of amides is 2. The monoisotopic (exact) mass is 601 g/mol. The Labute approximate surface area is 249 Å². The maximum Gasteiger partial charge on any atom is 0.415 e. The topological polar surface area (TPSA) is 120 Å². The summed E-state index contributed by atoms with van der Waals surface area (Å²) in [7, 11) is 1.54. The lowest BCUT2D eigenvalue weighted by atomic mass is 10.0. The third kappa shape index (κ3) is 8.34. The van der Waals surface area contributed by atoms with Gasteiger partial charge in [-0.05, 0) is 69.2 Å². The smallest absolute Gasteiger partial charge is 0.415 e. The summed E-state index contributed by atoms with van der Waals surface area (Å²) in [5, 5.41) is 20.3. The summed E-state index contributed by atoms with van der Waals surface area (Å²) in [6, 6.07) is 13.2. The Kier molecular flexibility index (Phi) is 10.2. The highest BCUT2D eigenvalue weighted by Gasteiger charge is 2.33. The summed E-state index contributed by atoms with van der Waals surface area (Å²) in [5.74, 6) is -1.46. The molecule has 0 radical (unpaired) electrons. The van der Waals surface area contributed by atoms with E-state index in [1.54, 1.807) is 64.1 Å². The Balaban J connectivity index is 1.95. The normalized spacial score (nSPS) is 12.0. The molecule has 9 nitrogen and oxygen atoms in total. The SMILES string of the molecule is Cc1cc(C[C@@H](C(=O)O)N(CCc2cccc(N(C)C(=O)OC(C)(C)C)n2)C(=O)c2c(Cl)cccc2Cl)ccc1O. The van der Waals surface area contributed by atoms with Crippen molar-refractivity contribution >= 4 is 47.0 Å². The maximum absolute atomic E-state index is 13.8. The summed E-state index contributed by atoms with van der Waals surface area (Å²) in [5.41, 5.74) is 1.02. The molecule has 0 aliphatic heterocycles. The molecular formula is C30H33Cl2N3O6. The first kappa shape index (κ1) is 31.7. The number of benzene rings is 2. The molecule has 1 atom stereocenters. The Morgan fingerprint density at radius 2 is 1.66 bits per heavy atom. The molecule has 3 rings (SSSR count). The molecule has 0 unspecified atom stereocenters. The highest BCUT2D eigenvalue weighted by Crippen LogP contribution is 2.28. The zero-order chi connectivity index (χ0) is 30.5. The van der Waals surface area contributed by atoms with Crippen molar-refractivity contribution in [2.45, 2.75) is 52.2 Å². The van der Waals surface area contributed by atoms with Crippen molar-refractivity contribution in [1.82, 2.24) is 9.88 Å². The molecule has 0 saturated carbocycles. The van der Waals surface area contributed by atoms with Crippen molar-refractivity contribution in [1.29, 1.82) is 0 Å². The number of halogens is 2. The third-order valence-corrected chi connectivity index (χ3v) is 6.83. The number of phenols is 1. The highest BCUT2D eigenvalue weighted by molar-refractivity contribution is 6.39. The number of carboxylic acid groups (broad SMARTS) is 1. The van der Waals surface area contributed by atoms with Crippen LogP contribution in [0.5, 0.6) is 5.75 Å². The van der Waals surface area contributed by atoms with Crippen LogP contribution in [0.4, 0.5) is 10.6 Å². The zero-order valence-corrected chi connectivity index (χ0v) is 25.0. The van der Waals surface area contributed by atoms with Gasteiger partial charge in [0, 0.05) is 32.1 Å². The van der Waals surface area contributed by atoms with Gasteiger partial charge in [-0.2, -0.15) is 0 Å². The second kappa shape index (κ2) is 13.2. The Morgan fingerprint density at radius 1 is 1.02 bits per heavy atom. The first-order chi connectivity index (χ1) is 19.2. The molecule has 2 amide bonds. The number of phenolic OH excluding ortho intramolecular Hbond substituents is 1. The predicted molar refractivity (Wildman–Crippen MR) is 158 cm³/mol. The minimum atomic E-state index is -1.29. The number of anilines is 1. The molecule has 2 N–H and O–H groups in total. The molecule has 0 fully saturated rings. The van der Waals surface area contributed by atoms with Crippen molar-refractivity contribution in [3.63, 3.8) is 0 Å². The molecule has 0 aliphatic rings. The first-order valence-electron chi connectivity index (χ1n) is 12.9. The van der Waals surface area contributed by atoms with Gasteiger partial charge >= 0.3 is 12.1 Å². The van der Waals surface area contributed by atoms with Gasteiger partial charge in [-0.25, -0.2) is 14.6 Å². The number of aliphatic carboxylic acids is 1. The summed E-state index contributed by atoms with van der Waals surface area (Å²) in [6.45, 7) is 6.95. The number of ether oxygens (including phenoxy) is 1. The second-order valence-corrected chi connectivity index (χ2v) is 11.4. The molecule has 3 aromatic rings. The standard InChI is InChI=1S/C30H33Cl2N3O6/c1-18-16-19(12-13-24(18)36)17-23(28(38)39)35(27(37)26-21(31)9-7-10-22(26)32)15-14-20-8-6-11-25(33-20)34(5)29(40)41-30(2,3)4/h6-13,16,23,36H,14-15,17H2,1-5H3,(H,38,39)/t23-/m0/s1. The van der Waals surface area contributed by atoms with E-state index in [4.69, 9.17) is 27.9 Å². The molecule has 0 spiro atoms. The lowest BCUT2D eigenvalue weighted by molar-refractivity contribution is -0.142. The van der Waals surface area contributed by atoms with E-state index in [0.717, 1.165) is 0 Å². The lowest BCUT2D eigenvalue weighted by Gasteiger charge is -2.30.